The zero-order valence-corrected chi connectivity index (χ0v) is 68.3. The Morgan fingerprint density at radius 3 is 0.500 bits per heavy atom. The highest BCUT2D eigenvalue weighted by Gasteiger charge is 2.38. The summed E-state index contributed by atoms with van der Waals surface area (Å²) in [5, 5.41) is 9.05. The molecule has 578 valence electrons. The van der Waals surface area contributed by atoms with Crippen molar-refractivity contribution in [3.05, 3.63) is 497 Å². The molecule has 0 saturated carbocycles. The normalized spacial score (nSPS) is 11.4. The fourth-order valence-corrected chi connectivity index (χ4v) is 20.1. The average Bonchev–Trinajstić information content (AvgIpc) is 0.684. The van der Waals surface area contributed by atoms with E-state index in [1.54, 1.807) is 0 Å². The Kier molecular flexibility index (Phi) is 19.5. The van der Waals surface area contributed by atoms with E-state index in [0.29, 0.717) is 0 Å². The summed E-state index contributed by atoms with van der Waals surface area (Å²) in [6, 6.07) is 187. The van der Waals surface area contributed by atoms with Crippen LogP contribution in [0, 0.1) is 0 Å². The maximum absolute atomic E-state index is 2.59. The Balaban J connectivity index is 1.10. The van der Waals surface area contributed by atoms with Crippen LogP contribution in [0.25, 0.3) is 232 Å². The molecule has 0 amide bonds. The molecule has 0 aliphatic rings. The van der Waals surface area contributed by atoms with Gasteiger partial charge in [-0.2, -0.15) is 0 Å². The van der Waals surface area contributed by atoms with Gasteiger partial charge in [-0.25, -0.2) is 0 Å². The van der Waals surface area contributed by atoms with Gasteiger partial charge in [-0.1, -0.05) is 497 Å². The molecule has 22 rings (SSSR count). The lowest BCUT2D eigenvalue weighted by molar-refractivity contribution is 1.50. The van der Waals surface area contributed by atoms with Gasteiger partial charge >= 0.3 is 0 Å². The van der Waals surface area contributed by atoms with E-state index in [1.807, 2.05) is 0 Å². The second-order valence-electron chi connectivity index (χ2n) is 32.0. The summed E-state index contributed by atoms with van der Waals surface area (Å²) in [4.78, 5) is 0. The molecule has 0 nitrogen and oxygen atoms in total. The molecule has 0 N–H and O–H groups in total. The molecule has 22 aromatic rings. The van der Waals surface area contributed by atoms with E-state index in [2.05, 4.69) is 497 Å². The van der Waals surface area contributed by atoms with Crippen LogP contribution in [0.2, 0.25) is 0 Å². The van der Waals surface area contributed by atoms with Gasteiger partial charge in [0.15, 0.2) is 0 Å². The smallest absolute Gasteiger partial charge is 0.000115 e. The molecular weight excluding hydrogens is 1490 g/mol. The average molecular weight is 1570 g/mol. The summed E-state index contributed by atoms with van der Waals surface area (Å²) in [6.45, 7) is 0. The highest BCUT2D eigenvalue weighted by Crippen LogP contribution is 2.65. The maximum atomic E-state index is 2.59. The standard InChI is InChI=1S/C124H82/c1-13-47-83(48-14-1)95-71-37-39-73-97(95)117-99-75-41-44-78-102(99)119(103-79-45-42-76-100(103)117)120-104-80-46-43-77-101(104)118(98-74-40-38-72-96(98)84-49-15-2-16-50-84)105-81-82-106(121-113(91-63-29-9-30-64-91)109(87-55-21-5-22-56-87)107(85-51-17-3-18-52-85)110(88-57-23-6-24-58-88)114(121)92-65-31-10-32-66-92)123(122(105)120)124-115(93-67-33-11-34-68-93)111(89-59-25-7-26-60-89)108(86-53-19-4-20-54-86)112(90-61-27-8-28-62-90)116(124)94-69-35-12-36-70-94/h1-82H. The summed E-state index contributed by atoms with van der Waals surface area (Å²) in [5.41, 5.74) is 37.9. The molecule has 0 aromatic heterocycles. The molecule has 0 aliphatic heterocycles. The molecular formula is C124H82. The van der Waals surface area contributed by atoms with Crippen LogP contribution in [0.3, 0.4) is 0 Å². The van der Waals surface area contributed by atoms with Gasteiger partial charge in [0.2, 0.25) is 0 Å². The van der Waals surface area contributed by atoms with E-state index in [0.717, 1.165) is 216 Å². The van der Waals surface area contributed by atoms with Gasteiger partial charge in [0.05, 0.1) is 0 Å². The topological polar surface area (TPSA) is 0 Å². The Bertz CT molecular complexity index is 7440. The van der Waals surface area contributed by atoms with Gasteiger partial charge in [-0.15, -0.1) is 0 Å². The predicted octanol–water partition coefficient (Wildman–Crippen LogP) is 34.6. The van der Waals surface area contributed by atoms with Crippen molar-refractivity contribution in [2.24, 2.45) is 0 Å². The number of hydrogen-bond acceptors (Lipinski definition) is 0. The van der Waals surface area contributed by atoms with E-state index in [4.69, 9.17) is 0 Å². The van der Waals surface area contributed by atoms with Crippen molar-refractivity contribution in [2.45, 2.75) is 0 Å². The first-order chi connectivity index (χ1) is 61.7. The first-order valence-electron chi connectivity index (χ1n) is 43.0. The Morgan fingerprint density at radius 1 is 0.0726 bits per heavy atom. The van der Waals surface area contributed by atoms with E-state index in [-0.39, 0.29) is 0 Å². The maximum Gasteiger partial charge on any atom is -0.000115 e. The van der Waals surface area contributed by atoms with E-state index >= 15 is 0 Å². The molecule has 0 unspecified atom stereocenters. The third kappa shape index (κ3) is 13.0. The molecule has 0 heterocycles. The van der Waals surface area contributed by atoms with Crippen LogP contribution in [0.15, 0.2) is 497 Å². The first-order valence-corrected chi connectivity index (χ1v) is 43.0. The van der Waals surface area contributed by atoms with Crippen LogP contribution in [0.5, 0.6) is 0 Å². The minimum Gasteiger partial charge on any atom is -0.0622 e. The van der Waals surface area contributed by atoms with Gasteiger partial charge in [0.25, 0.3) is 0 Å². The molecule has 0 fully saturated rings. The number of hydrogen-bond donors (Lipinski definition) is 0. The van der Waals surface area contributed by atoms with Crippen LogP contribution in [-0.2, 0) is 0 Å². The molecule has 0 heteroatoms. The van der Waals surface area contributed by atoms with Crippen molar-refractivity contribution < 1.29 is 0 Å². The van der Waals surface area contributed by atoms with Gasteiger partial charge in [-0.05, 0) is 232 Å². The first kappa shape index (κ1) is 74.2. The van der Waals surface area contributed by atoms with Gasteiger partial charge in [0.1, 0.15) is 0 Å². The van der Waals surface area contributed by atoms with Crippen LogP contribution in [0.1, 0.15) is 0 Å². The van der Waals surface area contributed by atoms with Crippen molar-refractivity contribution in [3.8, 4) is 189 Å². The lowest BCUT2D eigenvalue weighted by Crippen LogP contribution is -2.06. The highest BCUT2D eigenvalue weighted by molar-refractivity contribution is 6.36. The molecule has 124 heavy (non-hydrogen) atoms. The lowest BCUT2D eigenvalue weighted by Gasteiger charge is -2.33. The zero-order chi connectivity index (χ0) is 82.2. The van der Waals surface area contributed by atoms with Gasteiger partial charge in [0, 0.05) is 0 Å². The van der Waals surface area contributed by atoms with Crippen molar-refractivity contribution in [2.75, 3.05) is 0 Å². The number of fused-ring (bicyclic) bond motifs is 4. The van der Waals surface area contributed by atoms with Crippen LogP contribution >= 0.6 is 0 Å². The quantitative estimate of drug-likeness (QED) is 0.0797. The Morgan fingerprint density at radius 2 is 0.250 bits per heavy atom. The number of benzene rings is 22. The van der Waals surface area contributed by atoms with Crippen molar-refractivity contribution in [3.63, 3.8) is 0 Å². The lowest BCUT2D eigenvalue weighted by atomic mass is 9.69. The molecule has 0 spiro atoms. The predicted molar refractivity (Wildman–Crippen MR) is 529 cm³/mol. The fraction of sp³-hybridized carbons (Fsp3) is 0. The van der Waals surface area contributed by atoms with E-state index in [1.165, 1.54) is 16.7 Å². The molecule has 22 aromatic carbocycles. The third-order valence-electron chi connectivity index (χ3n) is 25.1. The van der Waals surface area contributed by atoms with Crippen molar-refractivity contribution in [1.29, 1.82) is 0 Å². The monoisotopic (exact) mass is 1570 g/mol. The molecule has 0 radical (unpaired) electrons. The van der Waals surface area contributed by atoms with Crippen molar-refractivity contribution in [1.82, 2.24) is 0 Å². The van der Waals surface area contributed by atoms with E-state index in [9.17, 15) is 0 Å². The third-order valence-corrected chi connectivity index (χ3v) is 25.1. The fourth-order valence-electron chi connectivity index (χ4n) is 20.1. The summed E-state index contributed by atoms with van der Waals surface area (Å²) in [6.07, 6.45) is 0. The molecule has 0 atom stereocenters. The second-order valence-corrected chi connectivity index (χ2v) is 32.0. The molecule has 0 aliphatic carbocycles. The Labute approximate surface area is 724 Å². The van der Waals surface area contributed by atoms with Crippen molar-refractivity contribution >= 4 is 43.1 Å². The molecule has 0 saturated heterocycles. The molecule has 0 bridgehead atoms. The Hall–Kier alpha value is -16.1. The summed E-state index contributed by atoms with van der Waals surface area (Å²) in [5.74, 6) is 0. The number of rotatable bonds is 17. The van der Waals surface area contributed by atoms with Gasteiger partial charge < -0.3 is 0 Å². The SMILES string of the molecule is c1ccc(-c2ccccc2-c2c3ccccc3c(-c3c4ccccc4c(-c4ccccc4-c4ccccc4)c4ccc(-c5c(-c6ccccc6)c(-c6ccccc6)c(-c6ccccc6)c(-c6ccccc6)c5-c5ccccc5)c(-c5c(-c6ccccc6)c(-c6ccccc6)c(-c6ccccc6)c(-c6ccccc6)c5-c5ccccc5)c34)c3ccccc23)cc1. The largest absolute Gasteiger partial charge is 0.0622 e. The summed E-state index contributed by atoms with van der Waals surface area (Å²) in [7, 11) is 0. The summed E-state index contributed by atoms with van der Waals surface area (Å²) >= 11 is 0. The minimum absolute atomic E-state index is 1.06. The zero-order valence-electron chi connectivity index (χ0n) is 68.3. The van der Waals surface area contributed by atoms with Crippen LogP contribution in [-0.4, -0.2) is 0 Å². The van der Waals surface area contributed by atoms with E-state index < -0.39 is 0 Å². The van der Waals surface area contributed by atoms with Crippen LogP contribution < -0.4 is 0 Å². The summed E-state index contributed by atoms with van der Waals surface area (Å²) < 4.78 is 0. The van der Waals surface area contributed by atoms with Gasteiger partial charge in [-0.3, -0.25) is 0 Å². The minimum atomic E-state index is 1.06. The van der Waals surface area contributed by atoms with Crippen LogP contribution in [0.4, 0.5) is 0 Å². The highest BCUT2D eigenvalue weighted by atomic mass is 14.4. The second kappa shape index (κ2) is 32.5.